The number of nitrogens with zero attached hydrogens (tertiary/aromatic N) is 1. The van der Waals surface area contributed by atoms with Gasteiger partial charge in [0.2, 0.25) is 0 Å². The minimum Gasteiger partial charge on any atom is -0.481 e. The van der Waals surface area contributed by atoms with Gasteiger partial charge in [-0.1, -0.05) is 27.7 Å². The van der Waals surface area contributed by atoms with Crippen LogP contribution in [0.5, 0.6) is 0 Å². The van der Waals surface area contributed by atoms with Crippen LogP contribution in [0.25, 0.3) is 0 Å². The SMILES string of the molecule is CC1CC(C(=O)O)CCN1C(=O)NCC(C)C(C)(C)C. The van der Waals surface area contributed by atoms with Gasteiger partial charge in [0.15, 0.2) is 0 Å². The number of aliphatic carboxylic acids is 1. The second-order valence-corrected chi connectivity index (χ2v) is 7.06. The van der Waals surface area contributed by atoms with Crippen molar-refractivity contribution < 1.29 is 14.7 Å². The Morgan fingerprint density at radius 1 is 1.40 bits per heavy atom. The van der Waals surface area contributed by atoms with Gasteiger partial charge in [-0.05, 0) is 31.1 Å². The second kappa shape index (κ2) is 6.46. The first-order chi connectivity index (χ1) is 9.12. The zero-order valence-electron chi connectivity index (χ0n) is 13.3. The molecule has 5 nitrogen and oxygen atoms in total. The van der Waals surface area contributed by atoms with Crippen LogP contribution in [-0.2, 0) is 4.79 Å². The smallest absolute Gasteiger partial charge is 0.317 e. The maximum Gasteiger partial charge on any atom is 0.317 e. The molecule has 1 rings (SSSR count). The molecule has 0 aromatic heterocycles. The first-order valence-corrected chi connectivity index (χ1v) is 7.40. The first-order valence-electron chi connectivity index (χ1n) is 7.40. The Morgan fingerprint density at radius 2 is 2.00 bits per heavy atom. The molecule has 1 saturated heterocycles. The Kier molecular flexibility index (Phi) is 5.42. The molecule has 116 valence electrons. The van der Waals surface area contributed by atoms with E-state index in [1.165, 1.54) is 0 Å². The van der Waals surface area contributed by atoms with E-state index in [0.717, 1.165) is 0 Å². The van der Waals surface area contributed by atoms with Crippen LogP contribution >= 0.6 is 0 Å². The molecule has 0 aromatic rings. The van der Waals surface area contributed by atoms with Crippen LogP contribution in [0.2, 0.25) is 0 Å². The predicted octanol–water partition coefficient (Wildman–Crippen LogP) is 2.56. The molecule has 0 aromatic carbocycles. The maximum absolute atomic E-state index is 12.2. The van der Waals surface area contributed by atoms with E-state index in [1.54, 1.807) is 4.90 Å². The molecule has 0 aliphatic carbocycles. The number of likely N-dealkylation sites (tertiary alicyclic amines) is 1. The Balaban J connectivity index is 2.47. The van der Waals surface area contributed by atoms with E-state index in [1.807, 2.05) is 6.92 Å². The Bertz CT molecular complexity index is 363. The quantitative estimate of drug-likeness (QED) is 0.837. The highest BCUT2D eigenvalue weighted by molar-refractivity contribution is 5.75. The van der Waals surface area contributed by atoms with E-state index in [-0.39, 0.29) is 23.4 Å². The van der Waals surface area contributed by atoms with Gasteiger partial charge in [0.1, 0.15) is 0 Å². The molecular weight excluding hydrogens is 256 g/mol. The summed E-state index contributed by atoms with van der Waals surface area (Å²) in [4.78, 5) is 24.9. The lowest BCUT2D eigenvalue weighted by Gasteiger charge is -2.37. The zero-order chi connectivity index (χ0) is 15.5. The van der Waals surface area contributed by atoms with Crippen LogP contribution in [0.1, 0.15) is 47.5 Å². The van der Waals surface area contributed by atoms with E-state index < -0.39 is 5.97 Å². The van der Waals surface area contributed by atoms with Gasteiger partial charge in [-0.2, -0.15) is 0 Å². The standard InChI is InChI=1S/C15H28N2O3/c1-10(15(3,4)5)9-16-14(20)17-7-6-12(13(18)19)8-11(17)2/h10-12H,6-9H2,1-5H3,(H,16,20)(H,18,19). The van der Waals surface area contributed by atoms with E-state index in [0.29, 0.717) is 31.8 Å². The number of amides is 2. The summed E-state index contributed by atoms with van der Waals surface area (Å²) in [5.41, 5.74) is 0.162. The maximum atomic E-state index is 12.2. The van der Waals surface area contributed by atoms with E-state index in [2.05, 4.69) is 33.0 Å². The highest BCUT2D eigenvalue weighted by Crippen LogP contribution is 2.25. The third kappa shape index (κ3) is 4.39. The van der Waals surface area contributed by atoms with Crippen molar-refractivity contribution in [3.8, 4) is 0 Å². The highest BCUT2D eigenvalue weighted by atomic mass is 16.4. The Morgan fingerprint density at radius 3 is 2.45 bits per heavy atom. The molecule has 2 amide bonds. The number of hydrogen-bond donors (Lipinski definition) is 2. The van der Waals surface area contributed by atoms with Crippen molar-refractivity contribution in [3.05, 3.63) is 0 Å². The summed E-state index contributed by atoms with van der Waals surface area (Å²) in [5.74, 6) is -0.681. The van der Waals surface area contributed by atoms with Crippen molar-refractivity contribution in [2.24, 2.45) is 17.3 Å². The van der Waals surface area contributed by atoms with Gasteiger partial charge >= 0.3 is 12.0 Å². The molecule has 0 spiro atoms. The molecule has 0 bridgehead atoms. The van der Waals surface area contributed by atoms with Crippen LogP contribution in [-0.4, -0.2) is 41.1 Å². The summed E-state index contributed by atoms with van der Waals surface area (Å²) in [6, 6.07) is -0.0905. The number of carboxylic acid groups (broad SMARTS) is 1. The summed E-state index contributed by atoms with van der Waals surface area (Å²) < 4.78 is 0. The van der Waals surface area contributed by atoms with Crippen LogP contribution in [0.3, 0.4) is 0 Å². The van der Waals surface area contributed by atoms with Crippen molar-refractivity contribution in [3.63, 3.8) is 0 Å². The zero-order valence-corrected chi connectivity index (χ0v) is 13.3. The number of carboxylic acids is 1. The molecule has 3 atom stereocenters. The van der Waals surface area contributed by atoms with Crippen LogP contribution in [0, 0.1) is 17.3 Å². The summed E-state index contributed by atoms with van der Waals surface area (Å²) in [6.45, 7) is 11.7. The number of carbonyl (C=O) groups is 2. The molecule has 0 saturated carbocycles. The molecule has 1 aliphatic heterocycles. The van der Waals surface area contributed by atoms with E-state index >= 15 is 0 Å². The van der Waals surface area contributed by atoms with Gasteiger partial charge in [0.05, 0.1) is 5.92 Å². The van der Waals surface area contributed by atoms with Crippen LogP contribution in [0.15, 0.2) is 0 Å². The van der Waals surface area contributed by atoms with Gasteiger partial charge in [0, 0.05) is 19.1 Å². The molecule has 2 N–H and O–H groups in total. The molecule has 20 heavy (non-hydrogen) atoms. The Hall–Kier alpha value is -1.26. The summed E-state index contributed by atoms with van der Waals surface area (Å²) in [7, 11) is 0. The van der Waals surface area contributed by atoms with Gasteiger partial charge in [-0.3, -0.25) is 4.79 Å². The monoisotopic (exact) mass is 284 g/mol. The average Bonchev–Trinajstić information content (AvgIpc) is 2.33. The third-order valence-corrected chi connectivity index (χ3v) is 4.52. The van der Waals surface area contributed by atoms with Crippen LogP contribution < -0.4 is 5.32 Å². The topological polar surface area (TPSA) is 69.6 Å². The minimum atomic E-state index is -0.752. The van der Waals surface area contributed by atoms with Gasteiger partial charge in [-0.25, -0.2) is 4.79 Å². The predicted molar refractivity (Wildman–Crippen MR) is 78.5 cm³/mol. The molecule has 1 heterocycles. The van der Waals surface area contributed by atoms with Crippen molar-refractivity contribution in [2.75, 3.05) is 13.1 Å². The van der Waals surface area contributed by atoms with Crippen molar-refractivity contribution in [2.45, 2.75) is 53.5 Å². The van der Waals surface area contributed by atoms with E-state index in [4.69, 9.17) is 5.11 Å². The fourth-order valence-corrected chi connectivity index (χ4v) is 2.35. The molecule has 1 fully saturated rings. The number of carbonyl (C=O) groups excluding carboxylic acids is 1. The molecule has 1 aliphatic rings. The third-order valence-electron chi connectivity index (χ3n) is 4.52. The fraction of sp³-hybridized carbons (Fsp3) is 0.867. The summed E-state index contributed by atoms with van der Waals surface area (Å²) in [6.07, 6.45) is 1.08. The van der Waals surface area contributed by atoms with Gasteiger partial charge < -0.3 is 15.3 Å². The summed E-state index contributed by atoms with van der Waals surface area (Å²) in [5, 5.41) is 12.0. The van der Waals surface area contributed by atoms with Gasteiger partial charge in [0.25, 0.3) is 0 Å². The van der Waals surface area contributed by atoms with Gasteiger partial charge in [-0.15, -0.1) is 0 Å². The summed E-state index contributed by atoms with van der Waals surface area (Å²) >= 11 is 0. The normalized spacial score (nSPS) is 25.1. The van der Waals surface area contributed by atoms with Crippen molar-refractivity contribution in [1.82, 2.24) is 10.2 Å². The number of piperidine rings is 1. The molecule has 5 heteroatoms. The Labute approximate surface area is 121 Å². The molecule has 3 unspecified atom stereocenters. The number of nitrogens with one attached hydrogen (secondary N) is 1. The van der Waals surface area contributed by atoms with Crippen molar-refractivity contribution >= 4 is 12.0 Å². The lowest BCUT2D eigenvalue weighted by Crippen LogP contribution is -2.51. The van der Waals surface area contributed by atoms with E-state index in [9.17, 15) is 9.59 Å². The lowest BCUT2D eigenvalue weighted by molar-refractivity contribution is -0.143. The minimum absolute atomic E-state index is 0.0187. The number of hydrogen-bond acceptors (Lipinski definition) is 2. The fourth-order valence-electron chi connectivity index (χ4n) is 2.35. The van der Waals surface area contributed by atoms with Crippen LogP contribution in [0.4, 0.5) is 4.79 Å². The lowest BCUT2D eigenvalue weighted by atomic mass is 9.82. The molecular formula is C15H28N2O3. The van der Waals surface area contributed by atoms with Crippen molar-refractivity contribution in [1.29, 1.82) is 0 Å². The highest BCUT2D eigenvalue weighted by Gasteiger charge is 2.32. The average molecular weight is 284 g/mol. The largest absolute Gasteiger partial charge is 0.481 e. The molecule has 0 radical (unpaired) electrons. The number of urea groups is 1. The second-order valence-electron chi connectivity index (χ2n) is 7.06. The number of rotatable bonds is 3. The first kappa shape index (κ1) is 16.8.